The lowest BCUT2D eigenvalue weighted by Crippen LogP contribution is -2.15. The van der Waals surface area contributed by atoms with Gasteiger partial charge in [0.1, 0.15) is 6.10 Å². The Kier molecular flexibility index (Phi) is 3.96. The monoisotopic (exact) mass is 244 g/mol. The van der Waals surface area contributed by atoms with Crippen LogP contribution in [-0.4, -0.2) is 19.9 Å². The molecule has 0 bridgehead atoms. The lowest BCUT2D eigenvalue weighted by atomic mass is 10.2. The van der Waals surface area contributed by atoms with Crippen LogP contribution in [0.4, 0.5) is 0 Å². The molecule has 1 unspecified atom stereocenters. The van der Waals surface area contributed by atoms with Gasteiger partial charge < -0.3 is 0 Å². The van der Waals surface area contributed by atoms with Gasteiger partial charge in [0.15, 0.2) is 0 Å². The summed E-state index contributed by atoms with van der Waals surface area (Å²) in [6.07, 6.45) is -0.591. The van der Waals surface area contributed by atoms with Crippen molar-refractivity contribution in [2.24, 2.45) is 0 Å². The molecular formula is C10H12O3S2. The Labute approximate surface area is 95.2 Å². The van der Waals surface area contributed by atoms with Crippen LogP contribution in [0.25, 0.3) is 0 Å². The third-order valence-electron chi connectivity index (χ3n) is 1.78. The molecule has 1 atom stereocenters. The summed E-state index contributed by atoms with van der Waals surface area (Å²) >= 11 is 4.60. The molecule has 0 aliphatic heterocycles. The zero-order valence-corrected chi connectivity index (χ0v) is 10.1. The van der Waals surface area contributed by atoms with Gasteiger partial charge in [-0.2, -0.15) is 8.42 Å². The average molecular weight is 244 g/mol. The molecule has 1 aromatic carbocycles. The molecule has 0 N–H and O–H groups in total. The van der Waals surface area contributed by atoms with Crippen molar-refractivity contribution < 1.29 is 12.6 Å². The standard InChI is InChI=1S/C10H12O3S2/c1-8-3-5-10(6-4-8)15(11,12)13-9(2)7-14/h3-7,9H,1-2H3. The van der Waals surface area contributed by atoms with Crippen LogP contribution in [0.3, 0.4) is 0 Å². The van der Waals surface area contributed by atoms with Crippen molar-refractivity contribution in [3.05, 3.63) is 29.8 Å². The predicted octanol–water partition coefficient (Wildman–Crippen LogP) is 2.09. The average Bonchev–Trinajstić information content (AvgIpc) is 2.17. The molecule has 0 saturated carbocycles. The molecule has 0 aliphatic rings. The van der Waals surface area contributed by atoms with Crippen molar-refractivity contribution in [3.8, 4) is 0 Å². The quantitative estimate of drug-likeness (QED) is 0.601. The molecule has 0 fully saturated rings. The zero-order valence-electron chi connectivity index (χ0n) is 8.51. The molecule has 1 rings (SSSR count). The molecule has 0 amide bonds. The zero-order chi connectivity index (χ0) is 11.5. The second-order valence-electron chi connectivity index (χ2n) is 3.20. The number of aryl methyl sites for hydroxylation is 1. The first-order valence-electron chi connectivity index (χ1n) is 4.41. The maximum absolute atomic E-state index is 11.6. The minimum absolute atomic E-state index is 0.150. The summed E-state index contributed by atoms with van der Waals surface area (Å²) in [5.74, 6) is 0. The smallest absolute Gasteiger partial charge is 0.258 e. The molecule has 0 spiro atoms. The Hall–Kier alpha value is -0.780. The van der Waals surface area contributed by atoms with E-state index in [-0.39, 0.29) is 4.90 Å². The van der Waals surface area contributed by atoms with E-state index in [0.29, 0.717) is 0 Å². The van der Waals surface area contributed by atoms with Crippen molar-refractivity contribution >= 4 is 27.7 Å². The van der Waals surface area contributed by atoms with Gasteiger partial charge in [-0.25, -0.2) is 0 Å². The van der Waals surface area contributed by atoms with Gasteiger partial charge in [0.05, 0.1) is 4.90 Å². The van der Waals surface area contributed by atoms with Crippen molar-refractivity contribution in [3.63, 3.8) is 0 Å². The van der Waals surface area contributed by atoms with E-state index in [1.807, 2.05) is 6.92 Å². The molecule has 15 heavy (non-hydrogen) atoms. The van der Waals surface area contributed by atoms with Crippen molar-refractivity contribution in [2.45, 2.75) is 24.8 Å². The summed E-state index contributed by atoms with van der Waals surface area (Å²) in [5, 5.41) is 1.27. The number of rotatable bonds is 4. The minimum atomic E-state index is -3.69. The molecule has 5 heteroatoms. The fourth-order valence-corrected chi connectivity index (χ4v) is 2.14. The Morgan fingerprint density at radius 2 is 1.87 bits per heavy atom. The van der Waals surface area contributed by atoms with Crippen LogP contribution in [0.1, 0.15) is 12.5 Å². The molecule has 3 nitrogen and oxygen atoms in total. The molecule has 82 valence electrons. The first-order valence-corrected chi connectivity index (χ1v) is 6.29. The van der Waals surface area contributed by atoms with E-state index >= 15 is 0 Å². The molecule has 1 aromatic rings. The minimum Gasteiger partial charge on any atom is -0.258 e. The van der Waals surface area contributed by atoms with Gasteiger partial charge in [0.25, 0.3) is 10.1 Å². The van der Waals surface area contributed by atoms with Crippen LogP contribution >= 0.6 is 12.2 Å². The van der Waals surface area contributed by atoms with Gasteiger partial charge in [-0.1, -0.05) is 29.9 Å². The summed E-state index contributed by atoms with van der Waals surface area (Å²) in [6.45, 7) is 3.47. The third-order valence-corrected chi connectivity index (χ3v) is 3.57. The summed E-state index contributed by atoms with van der Waals surface area (Å²) < 4.78 is 28.1. The van der Waals surface area contributed by atoms with Gasteiger partial charge in [-0.3, -0.25) is 4.18 Å². The Morgan fingerprint density at radius 1 is 1.33 bits per heavy atom. The highest BCUT2D eigenvalue weighted by Crippen LogP contribution is 2.14. The van der Waals surface area contributed by atoms with E-state index in [9.17, 15) is 8.42 Å². The van der Waals surface area contributed by atoms with E-state index in [1.54, 1.807) is 19.1 Å². The van der Waals surface area contributed by atoms with E-state index in [1.165, 1.54) is 17.5 Å². The SMILES string of the molecule is Cc1ccc(S(=O)(=O)OC(C)C=S)cc1. The van der Waals surface area contributed by atoms with Crippen molar-refractivity contribution in [1.82, 2.24) is 0 Å². The van der Waals surface area contributed by atoms with Crippen LogP contribution < -0.4 is 0 Å². The maximum Gasteiger partial charge on any atom is 0.297 e. The first kappa shape index (κ1) is 12.3. The second-order valence-corrected chi connectivity index (χ2v) is 5.05. The Morgan fingerprint density at radius 3 is 2.33 bits per heavy atom. The highest BCUT2D eigenvalue weighted by molar-refractivity contribution is 7.87. The fourth-order valence-electron chi connectivity index (χ4n) is 0.983. The van der Waals surface area contributed by atoms with Gasteiger partial charge in [0.2, 0.25) is 0 Å². The highest BCUT2D eigenvalue weighted by Gasteiger charge is 2.17. The topological polar surface area (TPSA) is 43.4 Å². The molecule has 0 saturated heterocycles. The molecule has 0 aromatic heterocycles. The summed E-state index contributed by atoms with van der Waals surface area (Å²) in [4.78, 5) is 0.150. The third kappa shape index (κ3) is 3.37. The van der Waals surface area contributed by atoms with Gasteiger partial charge in [-0.05, 0) is 26.0 Å². The number of benzene rings is 1. The molecule has 0 aliphatic carbocycles. The van der Waals surface area contributed by atoms with Crippen LogP contribution in [0.5, 0.6) is 0 Å². The summed E-state index contributed by atoms with van der Waals surface area (Å²) in [6, 6.07) is 6.47. The van der Waals surface area contributed by atoms with E-state index < -0.39 is 16.2 Å². The largest absolute Gasteiger partial charge is 0.297 e. The van der Waals surface area contributed by atoms with E-state index in [0.717, 1.165) is 5.56 Å². The second kappa shape index (κ2) is 4.83. The number of hydrogen-bond acceptors (Lipinski definition) is 4. The normalized spacial score (nSPS) is 13.5. The van der Waals surface area contributed by atoms with E-state index in [2.05, 4.69) is 12.2 Å². The van der Waals surface area contributed by atoms with Gasteiger partial charge in [0, 0.05) is 5.37 Å². The van der Waals surface area contributed by atoms with Crippen LogP contribution in [0.2, 0.25) is 0 Å². The van der Waals surface area contributed by atoms with Crippen LogP contribution in [0.15, 0.2) is 29.2 Å². The van der Waals surface area contributed by atoms with Crippen molar-refractivity contribution in [1.29, 1.82) is 0 Å². The summed E-state index contributed by atoms with van der Waals surface area (Å²) in [7, 11) is -3.69. The van der Waals surface area contributed by atoms with Crippen LogP contribution in [0, 0.1) is 6.92 Å². The first-order chi connectivity index (χ1) is 6.95. The predicted molar refractivity (Wildman–Crippen MR) is 62.6 cm³/mol. The highest BCUT2D eigenvalue weighted by atomic mass is 32.2. The van der Waals surface area contributed by atoms with Gasteiger partial charge >= 0.3 is 0 Å². The number of hydrogen-bond donors (Lipinski definition) is 0. The van der Waals surface area contributed by atoms with Gasteiger partial charge in [-0.15, -0.1) is 0 Å². The number of thiocarbonyl (C=S) groups is 1. The van der Waals surface area contributed by atoms with Crippen LogP contribution in [-0.2, 0) is 14.3 Å². The molecule has 0 radical (unpaired) electrons. The Balaban J connectivity index is 2.96. The molecular weight excluding hydrogens is 232 g/mol. The summed E-state index contributed by atoms with van der Waals surface area (Å²) in [5.41, 5.74) is 0.997. The maximum atomic E-state index is 11.6. The lowest BCUT2D eigenvalue weighted by molar-refractivity contribution is 0.297. The van der Waals surface area contributed by atoms with Crippen molar-refractivity contribution in [2.75, 3.05) is 0 Å². The Bertz CT molecular complexity index is 434. The molecule has 0 heterocycles. The van der Waals surface area contributed by atoms with E-state index in [4.69, 9.17) is 4.18 Å². The lowest BCUT2D eigenvalue weighted by Gasteiger charge is -2.08. The fraction of sp³-hybridized carbons (Fsp3) is 0.300.